The Hall–Kier alpha value is -3.19. The van der Waals surface area contributed by atoms with E-state index in [1.165, 1.54) is 11.3 Å². The van der Waals surface area contributed by atoms with Gasteiger partial charge in [0, 0.05) is 11.3 Å². The monoisotopic (exact) mass is 349 g/mol. The number of phenolic OH excluding ortho intramolecular Hbond substituents is 1. The van der Waals surface area contributed by atoms with Crippen LogP contribution in [0.25, 0.3) is 22.0 Å². The van der Waals surface area contributed by atoms with E-state index in [1.54, 1.807) is 6.07 Å². The van der Waals surface area contributed by atoms with Crippen molar-refractivity contribution in [3.63, 3.8) is 0 Å². The van der Waals surface area contributed by atoms with Crippen LogP contribution in [0.15, 0.2) is 54.6 Å². The quantitative estimate of drug-likeness (QED) is 0.510. The second kappa shape index (κ2) is 6.37. The molecular formula is C18H15N5OS. The molecular weight excluding hydrogens is 334 g/mol. The predicted molar refractivity (Wildman–Crippen MR) is 99.1 cm³/mol. The van der Waals surface area contributed by atoms with Crippen LogP contribution in [0.1, 0.15) is 5.56 Å². The summed E-state index contributed by atoms with van der Waals surface area (Å²) in [6, 6.07) is 17.1. The van der Waals surface area contributed by atoms with Crippen molar-refractivity contribution in [3.05, 3.63) is 60.2 Å². The first-order chi connectivity index (χ1) is 12.2. The van der Waals surface area contributed by atoms with Crippen LogP contribution in [0, 0.1) is 6.92 Å². The summed E-state index contributed by atoms with van der Waals surface area (Å²) in [5, 5.41) is 30.3. The van der Waals surface area contributed by atoms with E-state index in [0.717, 1.165) is 22.0 Å². The number of aromatic hydroxyl groups is 1. The van der Waals surface area contributed by atoms with E-state index >= 15 is 0 Å². The molecule has 2 aromatic carbocycles. The van der Waals surface area contributed by atoms with E-state index in [2.05, 4.69) is 25.7 Å². The third kappa shape index (κ3) is 3.22. The van der Waals surface area contributed by atoms with Crippen LogP contribution in [0.4, 0.5) is 10.8 Å². The number of aromatic amines is 1. The van der Waals surface area contributed by atoms with Gasteiger partial charge in [0.25, 0.3) is 0 Å². The lowest BCUT2D eigenvalue weighted by Gasteiger charge is -2.01. The fourth-order valence-corrected chi connectivity index (χ4v) is 3.18. The topological polar surface area (TPSA) is 86.7 Å². The van der Waals surface area contributed by atoms with Crippen LogP contribution >= 0.6 is 11.3 Å². The minimum absolute atomic E-state index is 0.201. The smallest absolute Gasteiger partial charge is 0.210 e. The maximum atomic E-state index is 10.0. The number of benzene rings is 2. The fourth-order valence-electron chi connectivity index (χ4n) is 2.45. The maximum absolute atomic E-state index is 10.0. The van der Waals surface area contributed by atoms with Crippen molar-refractivity contribution in [2.75, 3.05) is 5.32 Å². The van der Waals surface area contributed by atoms with E-state index in [-0.39, 0.29) is 5.75 Å². The van der Waals surface area contributed by atoms with Gasteiger partial charge in [-0.2, -0.15) is 5.10 Å². The summed E-state index contributed by atoms with van der Waals surface area (Å²) in [5.41, 5.74) is 4.14. The lowest BCUT2D eigenvalue weighted by molar-refractivity contribution is 0.477. The number of phenols is 1. The number of nitrogens with one attached hydrogen (secondary N) is 2. The summed E-state index contributed by atoms with van der Waals surface area (Å²) >= 11 is 1.43. The highest BCUT2D eigenvalue weighted by Crippen LogP contribution is 2.33. The van der Waals surface area contributed by atoms with Crippen molar-refractivity contribution in [1.29, 1.82) is 0 Å². The van der Waals surface area contributed by atoms with Crippen LogP contribution in [-0.2, 0) is 0 Å². The number of hydrogen-bond donors (Lipinski definition) is 3. The molecule has 0 aliphatic rings. The Labute approximate surface area is 148 Å². The molecule has 7 heteroatoms. The molecule has 4 aromatic rings. The van der Waals surface area contributed by atoms with Gasteiger partial charge in [-0.05, 0) is 37.3 Å². The molecule has 6 nitrogen and oxygen atoms in total. The van der Waals surface area contributed by atoms with Crippen LogP contribution in [-0.4, -0.2) is 25.5 Å². The molecule has 0 spiro atoms. The Kier molecular flexibility index (Phi) is 3.91. The summed E-state index contributed by atoms with van der Waals surface area (Å²) < 4.78 is 0. The number of H-pyrrole nitrogens is 1. The number of nitrogens with zero attached hydrogens (tertiary/aromatic N) is 3. The van der Waals surface area contributed by atoms with Gasteiger partial charge < -0.3 is 10.4 Å². The third-order valence-electron chi connectivity index (χ3n) is 3.69. The van der Waals surface area contributed by atoms with Gasteiger partial charge in [0.05, 0.1) is 11.4 Å². The minimum Gasteiger partial charge on any atom is -0.507 e. The highest BCUT2D eigenvalue weighted by Gasteiger charge is 2.13. The number of hydrogen-bond acceptors (Lipinski definition) is 6. The zero-order valence-electron chi connectivity index (χ0n) is 13.4. The molecule has 4 rings (SSSR count). The largest absolute Gasteiger partial charge is 0.507 e. The van der Waals surface area contributed by atoms with Crippen LogP contribution in [0.2, 0.25) is 0 Å². The Morgan fingerprint density at radius 1 is 1.04 bits per heavy atom. The van der Waals surface area contributed by atoms with E-state index in [4.69, 9.17) is 0 Å². The van der Waals surface area contributed by atoms with Gasteiger partial charge in [-0.1, -0.05) is 41.2 Å². The van der Waals surface area contributed by atoms with E-state index < -0.39 is 0 Å². The molecule has 0 unspecified atom stereocenters. The van der Waals surface area contributed by atoms with Gasteiger partial charge >= 0.3 is 0 Å². The first kappa shape index (κ1) is 15.3. The molecule has 0 aliphatic carbocycles. The van der Waals surface area contributed by atoms with Crippen molar-refractivity contribution in [3.8, 4) is 27.7 Å². The lowest BCUT2D eigenvalue weighted by atomic mass is 10.1. The molecule has 0 aliphatic heterocycles. The van der Waals surface area contributed by atoms with Crippen molar-refractivity contribution in [2.45, 2.75) is 6.92 Å². The summed E-state index contributed by atoms with van der Waals surface area (Å²) in [5.74, 6) is 0.201. The normalized spacial score (nSPS) is 10.8. The van der Waals surface area contributed by atoms with E-state index in [9.17, 15) is 5.11 Å². The van der Waals surface area contributed by atoms with E-state index in [1.807, 2.05) is 55.5 Å². The van der Waals surface area contributed by atoms with Gasteiger partial charge in [-0.15, -0.1) is 10.2 Å². The second-order valence-corrected chi connectivity index (χ2v) is 6.57. The van der Waals surface area contributed by atoms with Crippen molar-refractivity contribution in [1.82, 2.24) is 20.4 Å². The summed E-state index contributed by atoms with van der Waals surface area (Å²) in [6.07, 6.45) is 0. The maximum Gasteiger partial charge on any atom is 0.210 e. The summed E-state index contributed by atoms with van der Waals surface area (Å²) in [4.78, 5) is 0. The molecule has 2 aromatic heterocycles. The minimum atomic E-state index is 0.201. The second-order valence-electron chi connectivity index (χ2n) is 5.59. The van der Waals surface area contributed by atoms with Gasteiger partial charge in [0.15, 0.2) is 5.01 Å². The third-order valence-corrected chi connectivity index (χ3v) is 4.56. The molecule has 0 fully saturated rings. The van der Waals surface area contributed by atoms with Crippen molar-refractivity contribution >= 4 is 22.2 Å². The van der Waals surface area contributed by atoms with E-state index in [0.29, 0.717) is 16.4 Å². The van der Waals surface area contributed by atoms with Crippen LogP contribution < -0.4 is 5.32 Å². The number of para-hydroxylation sites is 1. The number of anilines is 2. The molecule has 0 saturated heterocycles. The SMILES string of the molecule is Cc1ccc(O)c(-c2cc(-c3nnc(Nc4ccccc4)s3)[nH]n2)c1. The Morgan fingerprint density at radius 3 is 2.72 bits per heavy atom. The number of rotatable bonds is 4. The average molecular weight is 349 g/mol. The van der Waals surface area contributed by atoms with Gasteiger partial charge in [0.1, 0.15) is 5.75 Å². The molecule has 0 radical (unpaired) electrons. The summed E-state index contributed by atoms with van der Waals surface area (Å²) in [6.45, 7) is 1.97. The van der Waals surface area contributed by atoms with Gasteiger partial charge in [-0.25, -0.2) is 0 Å². The zero-order valence-corrected chi connectivity index (χ0v) is 14.2. The Morgan fingerprint density at radius 2 is 1.88 bits per heavy atom. The lowest BCUT2D eigenvalue weighted by Crippen LogP contribution is -1.87. The Balaban J connectivity index is 1.59. The van der Waals surface area contributed by atoms with Crippen molar-refractivity contribution < 1.29 is 5.11 Å². The zero-order chi connectivity index (χ0) is 17.2. The predicted octanol–water partition coefficient (Wildman–Crippen LogP) is 4.35. The average Bonchev–Trinajstić information content (AvgIpc) is 3.27. The first-order valence-electron chi connectivity index (χ1n) is 7.70. The van der Waals surface area contributed by atoms with Crippen LogP contribution in [0.3, 0.4) is 0 Å². The number of aromatic nitrogens is 4. The first-order valence-corrected chi connectivity index (χ1v) is 8.52. The van der Waals surface area contributed by atoms with Crippen LogP contribution in [0.5, 0.6) is 5.75 Å². The molecule has 25 heavy (non-hydrogen) atoms. The highest BCUT2D eigenvalue weighted by atomic mass is 32.1. The highest BCUT2D eigenvalue weighted by molar-refractivity contribution is 7.18. The molecule has 124 valence electrons. The van der Waals surface area contributed by atoms with Gasteiger partial charge in [-0.3, -0.25) is 5.10 Å². The molecule has 0 saturated carbocycles. The van der Waals surface area contributed by atoms with Crippen molar-refractivity contribution in [2.24, 2.45) is 0 Å². The number of aryl methyl sites for hydroxylation is 1. The van der Waals surface area contributed by atoms with Gasteiger partial charge in [0.2, 0.25) is 5.13 Å². The molecule has 0 bridgehead atoms. The molecule has 3 N–H and O–H groups in total. The summed E-state index contributed by atoms with van der Waals surface area (Å²) in [7, 11) is 0. The molecule has 0 atom stereocenters. The Bertz CT molecular complexity index is 1010. The standard InChI is InChI=1S/C18H15N5OS/c1-11-7-8-16(24)13(9-11)14-10-15(21-20-14)17-22-23-18(25-17)19-12-5-3-2-4-6-12/h2-10,24H,1H3,(H,19,23)(H,20,21). The fraction of sp³-hybridized carbons (Fsp3) is 0.0556. The molecule has 2 heterocycles. The molecule has 0 amide bonds.